The van der Waals surface area contributed by atoms with Crippen molar-refractivity contribution in [1.82, 2.24) is 0 Å². The number of carboxylic acids is 1. The van der Waals surface area contributed by atoms with Crippen LogP contribution in [0.4, 0.5) is 11.4 Å². The van der Waals surface area contributed by atoms with Gasteiger partial charge in [-0.05, 0) is 0 Å². The van der Waals surface area contributed by atoms with Crippen LogP contribution in [0.5, 0.6) is 23.0 Å². The fraction of sp³-hybridized carbons (Fsp3) is 0.263. The highest BCUT2D eigenvalue weighted by Gasteiger charge is 2.24. The van der Waals surface area contributed by atoms with E-state index in [1.165, 1.54) is 20.3 Å². The molecule has 2 aromatic rings. The lowest BCUT2D eigenvalue weighted by Gasteiger charge is -2.13. The van der Waals surface area contributed by atoms with Gasteiger partial charge < -0.3 is 24.1 Å². The van der Waals surface area contributed by atoms with Crippen molar-refractivity contribution in [3.05, 3.63) is 55.6 Å². The van der Waals surface area contributed by atoms with E-state index >= 15 is 0 Å². The summed E-state index contributed by atoms with van der Waals surface area (Å²) in [6.45, 7) is 0.0162. The first-order valence-electron chi connectivity index (χ1n) is 8.90. The van der Waals surface area contributed by atoms with Gasteiger partial charge in [0.25, 0.3) is 11.4 Å². The van der Waals surface area contributed by atoms with Gasteiger partial charge in [0.2, 0.25) is 0 Å². The fourth-order valence-electron chi connectivity index (χ4n) is 2.66. The molecule has 0 aliphatic rings. The third-order valence-electron chi connectivity index (χ3n) is 4.15. The van der Waals surface area contributed by atoms with Crippen molar-refractivity contribution in [3.63, 3.8) is 0 Å². The number of rotatable bonds is 12. The van der Waals surface area contributed by atoms with Crippen LogP contribution in [0.1, 0.15) is 27.1 Å². The lowest BCUT2D eigenvalue weighted by molar-refractivity contribution is -0.385. The predicted molar refractivity (Wildman–Crippen MR) is 107 cm³/mol. The molecule has 170 valence electrons. The van der Waals surface area contributed by atoms with Gasteiger partial charge in [0.15, 0.2) is 29.3 Å². The molecule has 2 aromatic carbocycles. The number of carbonyl (C=O) groups excluding carboxylic acids is 1. The van der Waals surface area contributed by atoms with E-state index in [-0.39, 0.29) is 48.2 Å². The van der Waals surface area contributed by atoms with Gasteiger partial charge in [0.05, 0.1) is 55.0 Å². The van der Waals surface area contributed by atoms with Crippen LogP contribution >= 0.6 is 0 Å². The topological polar surface area (TPSA) is 178 Å². The van der Waals surface area contributed by atoms with Crippen molar-refractivity contribution in [1.29, 1.82) is 0 Å². The SMILES string of the molecule is COc1cc(C=O)c([N+](=O)[O-])cc1OCCCOc1cc([N+](=O)[O-])c(C(=O)O)cc1OC. The van der Waals surface area contributed by atoms with Gasteiger partial charge in [-0.3, -0.25) is 25.0 Å². The lowest BCUT2D eigenvalue weighted by Crippen LogP contribution is -2.08. The summed E-state index contributed by atoms with van der Waals surface area (Å²) < 4.78 is 21.1. The molecule has 0 aliphatic carbocycles. The monoisotopic (exact) mass is 450 g/mol. The molecule has 13 heteroatoms. The van der Waals surface area contributed by atoms with E-state index in [4.69, 9.17) is 24.1 Å². The van der Waals surface area contributed by atoms with Gasteiger partial charge in [-0.25, -0.2) is 4.79 Å². The van der Waals surface area contributed by atoms with E-state index in [0.717, 1.165) is 18.2 Å². The number of nitrogens with zero attached hydrogens (tertiary/aromatic N) is 2. The molecule has 1 N–H and O–H groups in total. The maximum atomic E-state index is 11.2. The summed E-state index contributed by atoms with van der Waals surface area (Å²) in [7, 11) is 2.57. The van der Waals surface area contributed by atoms with E-state index in [2.05, 4.69) is 0 Å². The summed E-state index contributed by atoms with van der Waals surface area (Å²) in [6, 6.07) is 4.20. The summed E-state index contributed by atoms with van der Waals surface area (Å²) in [5.74, 6) is -1.36. The maximum absolute atomic E-state index is 11.2. The quantitative estimate of drug-likeness (QED) is 0.217. The molecule has 13 nitrogen and oxygen atoms in total. The van der Waals surface area contributed by atoms with E-state index in [1.54, 1.807) is 0 Å². The third-order valence-corrected chi connectivity index (χ3v) is 4.15. The van der Waals surface area contributed by atoms with Crippen LogP contribution in [0.3, 0.4) is 0 Å². The Kier molecular flexibility index (Phi) is 7.87. The van der Waals surface area contributed by atoms with Crippen molar-refractivity contribution in [2.24, 2.45) is 0 Å². The average Bonchev–Trinajstić information content (AvgIpc) is 2.77. The summed E-state index contributed by atoms with van der Waals surface area (Å²) in [5, 5.41) is 31.4. The number of benzene rings is 2. The smallest absolute Gasteiger partial charge is 0.342 e. The highest BCUT2D eigenvalue weighted by molar-refractivity contribution is 5.93. The van der Waals surface area contributed by atoms with Crippen LogP contribution < -0.4 is 18.9 Å². The van der Waals surface area contributed by atoms with Gasteiger partial charge in [0.1, 0.15) is 5.56 Å². The summed E-state index contributed by atoms with van der Waals surface area (Å²) >= 11 is 0. The first-order valence-corrected chi connectivity index (χ1v) is 8.90. The number of carboxylic acid groups (broad SMARTS) is 1. The molecule has 0 heterocycles. The molecular formula is C19H18N2O11. The Hall–Kier alpha value is -4.42. The minimum atomic E-state index is -1.49. The number of carbonyl (C=O) groups is 2. The molecule has 0 amide bonds. The second-order valence-electron chi connectivity index (χ2n) is 6.07. The van der Waals surface area contributed by atoms with Crippen LogP contribution in [0, 0.1) is 20.2 Å². The van der Waals surface area contributed by atoms with Crippen molar-refractivity contribution in [3.8, 4) is 23.0 Å². The predicted octanol–water partition coefficient (Wildman–Crippen LogP) is 2.88. The van der Waals surface area contributed by atoms with E-state index < -0.39 is 32.8 Å². The summed E-state index contributed by atoms with van der Waals surface area (Å²) in [5.41, 5.74) is -1.81. The van der Waals surface area contributed by atoms with Gasteiger partial charge in [0, 0.05) is 18.6 Å². The van der Waals surface area contributed by atoms with Crippen molar-refractivity contribution < 1.29 is 43.5 Å². The molecule has 0 atom stereocenters. The highest BCUT2D eigenvalue weighted by Crippen LogP contribution is 2.36. The standard InChI is InChI=1S/C19H18N2O11/c1-29-15-6-11(10-22)13(20(25)26)8-17(15)31-4-3-5-32-18-9-14(21(27)28)12(19(23)24)7-16(18)30-2/h6-10H,3-5H2,1-2H3,(H,23,24). The minimum Gasteiger partial charge on any atom is -0.493 e. The number of nitro benzene ring substituents is 2. The maximum Gasteiger partial charge on any atom is 0.342 e. The molecule has 0 unspecified atom stereocenters. The van der Waals surface area contributed by atoms with Crippen LogP contribution in [0.2, 0.25) is 0 Å². The third kappa shape index (κ3) is 5.38. The molecule has 0 saturated carbocycles. The lowest BCUT2D eigenvalue weighted by atomic mass is 10.1. The largest absolute Gasteiger partial charge is 0.493 e. The van der Waals surface area contributed by atoms with Crippen molar-refractivity contribution >= 4 is 23.6 Å². The van der Waals surface area contributed by atoms with E-state index in [9.17, 15) is 29.8 Å². The fourth-order valence-corrected chi connectivity index (χ4v) is 2.66. The first kappa shape index (κ1) is 23.9. The Morgan fingerprint density at radius 1 is 0.906 bits per heavy atom. The summed E-state index contributed by atoms with van der Waals surface area (Å²) in [6.07, 6.45) is 0.574. The Morgan fingerprint density at radius 3 is 1.84 bits per heavy atom. The number of hydrogen-bond acceptors (Lipinski definition) is 10. The van der Waals surface area contributed by atoms with Gasteiger partial charge >= 0.3 is 5.97 Å². The Labute approximate surface area is 180 Å². The Morgan fingerprint density at radius 2 is 1.41 bits per heavy atom. The van der Waals surface area contributed by atoms with Crippen LogP contribution in [0.15, 0.2) is 24.3 Å². The molecule has 0 aliphatic heterocycles. The van der Waals surface area contributed by atoms with Crippen LogP contribution in [0.25, 0.3) is 0 Å². The molecule has 0 bridgehead atoms. The van der Waals surface area contributed by atoms with Gasteiger partial charge in [-0.2, -0.15) is 0 Å². The van der Waals surface area contributed by atoms with Crippen molar-refractivity contribution in [2.75, 3.05) is 27.4 Å². The zero-order valence-electron chi connectivity index (χ0n) is 16.9. The molecule has 2 rings (SSSR count). The van der Waals surface area contributed by atoms with Crippen LogP contribution in [-0.4, -0.2) is 54.6 Å². The first-order chi connectivity index (χ1) is 15.2. The zero-order valence-corrected chi connectivity index (χ0v) is 16.9. The van der Waals surface area contributed by atoms with E-state index in [0.29, 0.717) is 6.29 Å². The number of aromatic carboxylic acids is 1. The molecule has 0 aromatic heterocycles. The normalized spacial score (nSPS) is 10.2. The number of nitro groups is 2. The average molecular weight is 450 g/mol. The number of methoxy groups -OCH3 is 2. The Balaban J connectivity index is 2.08. The molecule has 0 saturated heterocycles. The van der Waals surface area contributed by atoms with Gasteiger partial charge in [-0.15, -0.1) is 0 Å². The number of hydrogen-bond donors (Lipinski definition) is 1. The highest BCUT2D eigenvalue weighted by atomic mass is 16.6. The second-order valence-corrected chi connectivity index (χ2v) is 6.07. The molecule has 0 fully saturated rings. The van der Waals surface area contributed by atoms with Gasteiger partial charge in [-0.1, -0.05) is 0 Å². The van der Waals surface area contributed by atoms with Crippen LogP contribution in [-0.2, 0) is 0 Å². The van der Waals surface area contributed by atoms with Crippen molar-refractivity contribution in [2.45, 2.75) is 6.42 Å². The van der Waals surface area contributed by atoms with E-state index in [1.807, 2.05) is 0 Å². The second kappa shape index (κ2) is 10.6. The zero-order chi connectivity index (χ0) is 23.8. The molecule has 0 spiro atoms. The molecular weight excluding hydrogens is 432 g/mol. The molecule has 0 radical (unpaired) electrons. The number of ether oxygens (including phenoxy) is 4. The minimum absolute atomic E-state index is 0.00321. The summed E-state index contributed by atoms with van der Waals surface area (Å²) in [4.78, 5) is 42.9. The number of aldehydes is 1. The molecule has 32 heavy (non-hydrogen) atoms. The Bertz CT molecular complexity index is 1050.